The molecule has 0 unspecified atom stereocenters. The van der Waals surface area contributed by atoms with Crippen LogP contribution < -0.4 is 0 Å². The van der Waals surface area contributed by atoms with Gasteiger partial charge in [-0.2, -0.15) is 0 Å². The molecule has 1 rings (SSSR count). The average molecular weight is 262 g/mol. The largest absolute Gasteiger partial charge is 0.248 e. The van der Waals surface area contributed by atoms with Gasteiger partial charge in [0.2, 0.25) is 5.82 Å². The Hall–Kier alpha value is -0.640. The highest BCUT2D eigenvalue weighted by Crippen LogP contribution is 1.90. The molecule has 1 aromatic heterocycles. The van der Waals surface area contributed by atoms with E-state index in [0.717, 1.165) is 0 Å². The third-order valence-electron chi connectivity index (χ3n) is 0.863. The number of halogens is 1. The van der Waals surface area contributed by atoms with Crippen LogP contribution >= 0.6 is 22.9 Å². The summed E-state index contributed by atoms with van der Waals surface area (Å²) in [7, 11) is 0. The topological polar surface area (TPSA) is 43.6 Å². The molecule has 0 atom stereocenters. The maximum atomic E-state index is 3.89. The molecular formula is C6H7IN4. The van der Waals surface area contributed by atoms with Gasteiger partial charge in [-0.25, -0.2) is 0 Å². The van der Waals surface area contributed by atoms with E-state index in [1.54, 1.807) is 0 Å². The quantitative estimate of drug-likeness (QED) is 0.515. The predicted octanol–water partition coefficient (Wildman–Crippen LogP) is 0.879. The first-order chi connectivity index (χ1) is 5.18. The van der Waals surface area contributed by atoms with E-state index in [1.165, 1.54) is 3.01 Å². The van der Waals surface area contributed by atoms with Crippen molar-refractivity contribution in [1.29, 1.82) is 0 Å². The Balaban J connectivity index is 2.74. The fourth-order valence-corrected chi connectivity index (χ4v) is 0.757. The average Bonchev–Trinajstić information content (AvgIpc) is 2.31. The highest BCUT2D eigenvalue weighted by atomic mass is 127. The number of hydrogen-bond donors (Lipinski definition) is 0. The molecule has 0 amide bonds. The van der Waals surface area contributed by atoms with E-state index in [-0.39, 0.29) is 0 Å². The first-order valence-electron chi connectivity index (χ1n) is 3.16. The van der Waals surface area contributed by atoms with E-state index in [2.05, 4.69) is 27.3 Å². The van der Waals surface area contributed by atoms with Gasteiger partial charge >= 0.3 is 0 Å². The SMILES string of the molecule is CC(C)C#Cc1nnn(I)n1. The number of tetrazole rings is 1. The van der Waals surface area contributed by atoms with Gasteiger partial charge in [0.05, 0.1) is 0 Å². The summed E-state index contributed by atoms with van der Waals surface area (Å²) >= 11 is 1.92. The van der Waals surface area contributed by atoms with Crippen molar-refractivity contribution in [3.05, 3.63) is 5.82 Å². The Kier molecular flexibility index (Phi) is 2.82. The second kappa shape index (κ2) is 3.67. The first-order valence-corrected chi connectivity index (χ1v) is 4.12. The molecule has 0 saturated heterocycles. The highest BCUT2D eigenvalue weighted by Gasteiger charge is 1.93. The van der Waals surface area contributed by atoms with Gasteiger partial charge in [0.1, 0.15) is 22.9 Å². The number of aromatic nitrogens is 4. The van der Waals surface area contributed by atoms with Crippen LogP contribution in [0.3, 0.4) is 0 Å². The Morgan fingerprint density at radius 3 is 2.73 bits per heavy atom. The van der Waals surface area contributed by atoms with Crippen LogP contribution in [0.25, 0.3) is 0 Å². The fraction of sp³-hybridized carbons (Fsp3) is 0.500. The van der Waals surface area contributed by atoms with Crippen molar-refractivity contribution >= 4 is 22.9 Å². The van der Waals surface area contributed by atoms with Crippen LogP contribution in [-0.2, 0) is 0 Å². The minimum atomic E-state index is 0.344. The number of rotatable bonds is 0. The van der Waals surface area contributed by atoms with Crippen molar-refractivity contribution in [2.75, 3.05) is 0 Å². The van der Waals surface area contributed by atoms with Gasteiger partial charge < -0.3 is 0 Å². The molecule has 11 heavy (non-hydrogen) atoms. The summed E-state index contributed by atoms with van der Waals surface area (Å²) < 4.78 is 1.36. The smallest absolute Gasteiger partial charge is 0.112 e. The molecule has 1 aromatic rings. The van der Waals surface area contributed by atoms with Crippen LogP contribution in [-0.4, -0.2) is 18.4 Å². The molecule has 0 saturated carbocycles. The molecule has 0 N–H and O–H groups in total. The molecule has 0 aromatic carbocycles. The molecule has 0 aliphatic carbocycles. The van der Waals surface area contributed by atoms with Crippen molar-refractivity contribution < 1.29 is 0 Å². The summed E-state index contributed by atoms with van der Waals surface area (Å²) in [6, 6.07) is 0. The van der Waals surface area contributed by atoms with Gasteiger partial charge in [-0.05, 0) is 11.1 Å². The van der Waals surface area contributed by atoms with Crippen LogP contribution in [0.15, 0.2) is 0 Å². The van der Waals surface area contributed by atoms with Crippen LogP contribution in [0.2, 0.25) is 0 Å². The van der Waals surface area contributed by atoms with Crippen LogP contribution in [0.4, 0.5) is 0 Å². The van der Waals surface area contributed by atoms with Gasteiger partial charge in [-0.15, -0.1) is 8.11 Å². The summed E-state index contributed by atoms with van der Waals surface area (Å²) in [6.45, 7) is 4.03. The normalized spacial score (nSPS) is 9.45. The maximum Gasteiger partial charge on any atom is 0.248 e. The van der Waals surface area contributed by atoms with Gasteiger partial charge in [0, 0.05) is 5.92 Å². The zero-order chi connectivity index (χ0) is 8.27. The minimum absolute atomic E-state index is 0.344. The zero-order valence-electron chi connectivity index (χ0n) is 6.24. The van der Waals surface area contributed by atoms with Crippen molar-refractivity contribution in [3.8, 4) is 11.8 Å². The van der Waals surface area contributed by atoms with Crippen molar-refractivity contribution in [1.82, 2.24) is 18.4 Å². The summed E-state index contributed by atoms with van der Waals surface area (Å²) in [6.07, 6.45) is 0. The van der Waals surface area contributed by atoms with Gasteiger partial charge in [0.15, 0.2) is 0 Å². The Morgan fingerprint density at radius 2 is 2.27 bits per heavy atom. The van der Waals surface area contributed by atoms with Crippen molar-refractivity contribution in [3.63, 3.8) is 0 Å². The molecule has 0 aliphatic rings. The van der Waals surface area contributed by atoms with E-state index in [4.69, 9.17) is 0 Å². The molecule has 0 bridgehead atoms. The molecule has 0 aliphatic heterocycles. The van der Waals surface area contributed by atoms with Gasteiger partial charge in [0.25, 0.3) is 0 Å². The fourth-order valence-electron chi connectivity index (χ4n) is 0.456. The number of hydrogen-bond acceptors (Lipinski definition) is 3. The minimum Gasteiger partial charge on any atom is -0.112 e. The van der Waals surface area contributed by atoms with E-state index >= 15 is 0 Å². The lowest BCUT2D eigenvalue weighted by Crippen LogP contribution is -1.83. The molecule has 0 spiro atoms. The van der Waals surface area contributed by atoms with Gasteiger partial charge in [-0.1, -0.05) is 24.9 Å². The molecule has 4 nitrogen and oxygen atoms in total. The molecule has 1 heterocycles. The second-order valence-electron chi connectivity index (χ2n) is 2.28. The Bertz CT molecular complexity index is 293. The summed E-state index contributed by atoms with van der Waals surface area (Å²) in [4.78, 5) is 0. The highest BCUT2D eigenvalue weighted by molar-refractivity contribution is 14.1. The lowest BCUT2D eigenvalue weighted by atomic mass is 10.2. The Labute approximate surface area is 78.9 Å². The number of nitrogens with zero attached hydrogens (tertiary/aromatic N) is 4. The summed E-state index contributed by atoms with van der Waals surface area (Å²) in [5.41, 5.74) is 0. The second-order valence-corrected chi connectivity index (χ2v) is 3.14. The van der Waals surface area contributed by atoms with E-state index in [0.29, 0.717) is 11.7 Å². The molecule has 0 radical (unpaired) electrons. The van der Waals surface area contributed by atoms with Crippen molar-refractivity contribution in [2.45, 2.75) is 13.8 Å². The molecular weight excluding hydrogens is 255 g/mol. The first kappa shape index (κ1) is 8.46. The van der Waals surface area contributed by atoms with Crippen LogP contribution in [0, 0.1) is 17.8 Å². The van der Waals surface area contributed by atoms with E-state index in [1.807, 2.05) is 36.7 Å². The Morgan fingerprint density at radius 1 is 1.55 bits per heavy atom. The van der Waals surface area contributed by atoms with Crippen LogP contribution in [0.5, 0.6) is 0 Å². The standard InChI is InChI=1S/C6H7IN4/c1-5(2)3-4-6-8-10-11(7)9-6/h5H,1-2H3. The molecule has 0 fully saturated rings. The lowest BCUT2D eigenvalue weighted by molar-refractivity contribution is 0.853. The summed E-state index contributed by atoms with van der Waals surface area (Å²) in [5, 5.41) is 11.2. The lowest BCUT2D eigenvalue weighted by Gasteiger charge is -1.83. The van der Waals surface area contributed by atoms with Gasteiger partial charge in [-0.3, -0.25) is 0 Å². The molecule has 58 valence electrons. The van der Waals surface area contributed by atoms with Crippen molar-refractivity contribution in [2.24, 2.45) is 5.92 Å². The monoisotopic (exact) mass is 262 g/mol. The zero-order valence-corrected chi connectivity index (χ0v) is 8.40. The van der Waals surface area contributed by atoms with Crippen LogP contribution in [0.1, 0.15) is 19.7 Å². The molecule has 5 heteroatoms. The third kappa shape index (κ3) is 2.84. The summed E-state index contributed by atoms with van der Waals surface area (Å²) in [5.74, 6) is 6.57. The van der Waals surface area contributed by atoms with E-state index in [9.17, 15) is 0 Å². The third-order valence-corrected chi connectivity index (χ3v) is 1.27. The predicted molar refractivity (Wildman–Crippen MR) is 49.0 cm³/mol. The maximum absolute atomic E-state index is 3.89. The van der Waals surface area contributed by atoms with E-state index < -0.39 is 0 Å².